The van der Waals surface area contributed by atoms with E-state index in [9.17, 15) is 13.9 Å². The lowest BCUT2D eigenvalue weighted by Crippen LogP contribution is -2.67. The molecule has 2 atom stereocenters. The van der Waals surface area contributed by atoms with Gasteiger partial charge in [0.1, 0.15) is 35.7 Å². The summed E-state index contributed by atoms with van der Waals surface area (Å²) in [5, 5.41) is 15.1. The Labute approximate surface area is 247 Å². The second-order valence-corrected chi connectivity index (χ2v) is 12.3. The highest BCUT2D eigenvalue weighted by molar-refractivity contribution is 6.04. The second-order valence-electron chi connectivity index (χ2n) is 12.3. The molecule has 0 unspecified atom stereocenters. The van der Waals surface area contributed by atoms with Crippen LogP contribution in [-0.2, 0) is 0 Å². The van der Waals surface area contributed by atoms with Gasteiger partial charge < -0.3 is 20.1 Å². The Bertz CT molecular complexity index is 1820. The molecule has 222 valence electrons. The van der Waals surface area contributed by atoms with Gasteiger partial charge in [0.2, 0.25) is 0 Å². The van der Waals surface area contributed by atoms with Gasteiger partial charge in [0.15, 0.2) is 5.82 Å². The van der Waals surface area contributed by atoms with Crippen LogP contribution in [0.15, 0.2) is 36.4 Å². The molecule has 0 aliphatic carbocycles. The predicted molar refractivity (Wildman–Crippen MR) is 160 cm³/mol. The summed E-state index contributed by atoms with van der Waals surface area (Å²) in [5.74, 6) is 1.51. The average molecular weight is 588 g/mol. The maximum absolute atomic E-state index is 16.7. The molecule has 10 heteroatoms. The van der Waals surface area contributed by atoms with Crippen molar-refractivity contribution in [1.29, 1.82) is 0 Å². The molecule has 0 bridgehead atoms. The number of anilines is 1. The van der Waals surface area contributed by atoms with Gasteiger partial charge in [0.25, 0.3) is 0 Å². The fraction of sp³-hybridized carbons (Fsp3) is 0.394. The molecule has 4 aromatic rings. The molecule has 43 heavy (non-hydrogen) atoms. The summed E-state index contributed by atoms with van der Waals surface area (Å²) < 4.78 is 52.0. The molecule has 1 aromatic heterocycles. The van der Waals surface area contributed by atoms with Crippen molar-refractivity contribution in [3.8, 4) is 35.2 Å². The van der Waals surface area contributed by atoms with Crippen molar-refractivity contribution in [1.82, 2.24) is 20.2 Å². The van der Waals surface area contributed by atoms with Crippen LogP contribution in [-0.4, -0.2) is 77.1 Å². The number of hydrogen-bond donors (Lipinski definition) is 2. The molecule has 3 aliphatic rings. The number of phenols is 1. The van der Waals surface area contributed by atoms with Gasteiger partial charge in [-0.1, -0.05) is 18.1 Å². The number of aromatic nitrogens is 2. The van der Waals surface area contributed by atoms with E-state index >= 15 is 4.39 Å². The quantitative estimate of drug-likeness (QED) is 0.302. The second kappa shape index (κ2) is 10.00. The fourth-order valence-corrected chi connectivity index (χ4v) is 7.17. The largest absolute Gasteiger partial charge is 0.508 e. The van der Waals surface area contributed by atoms with E-state index in [1.165, 1.54) is 24.3 Å². The Balaban J connectivity index is 1.37. The summed E-state index contributed by atoms with van der Waals surface area (Å²) >= 11 is 0. The van der Waals surface area contributed by atoms with Crippen LogP contribution >= 0.6 is 0 Å². The summed E-state index contributed by atoms with van der Waals surface area (Å²) in [5.41, 5.74) is -0.189. The van der Waals surface area contributed by atoms with Crippen molar-refractivity contribution >= 4 is 27.5 Å². The molecular formula is C33H32F3N5O2. The molecule has 0 radical (unpaired) electrons. The Morgan fingerprint density at radius 1 is 1.16 bits per heavy atom. The van der Waals surface area contributed by atoms with E-state index in [4.69, 9.17) is 16.1 Å². The van der Waals surface area contributed by atoms with E-state index < -0.39 is 23.3 Å². The molecule has 0 amide bonds. The molecule has 2 N–H and O–H groups in total. The number of hydrogen-bond acceptors (Lipinski definition) is 7. The third-order valence-corrected chi connectivity index (χ3v) is 9.47. The Morgan fingerprint density at radius 3 is 2.74 bits per heavy atom. The number of benzene rings is 3. The van der Waals surface area contributed by atoms with Gasteiger partial charge in [-0.15, -0.1) is 6.42 Å². The van der Waals surface area contributed by atoms with Gasteiger partial charge in [0.05, 0.1) is 16.6 Å². The Kier molecular flexibility index (Phi) is 6.45. The average Bonchev–Trinajstić information content (AvgIpc) is 3.50. The number of terminal acetylenes is 1. The normalized spacial score (nSPS) is 23.0. The lowest BCUT2D eigenvalue weighted by molar-refractivity contribution is 0.107. The molecule has 3 aliphatic heterocycles. The number of alkyl halides is 1. The zero-order valence-electron chi connectivity index (χ0n) is 24.1. The third-order valence-electron chi connectivity index (χ3n) is 9.47. The highest BCUT2D eigenvalue weighted by Gasteiger charge is 2.49. The van der Waals surface area contributed by atoms with Gasteiger partial charge in [-0.05, 0) is 68.6 Å². The zero-order chi connectivity index (χ0) is 30.1. The SMILES string of the molecule is C#Cc1c(F)ccc2cc(O)cc(-c3ccc4c(N5CC(C)(NC)C5)nc(OC[C@@]56CCCN5C[C@H](F)C6)nc4c3F)c12. The summed E-state index contributed by atoms with van der Waals surface area (Å²) in [6.07, 6.45) is 6.93. The molecule has 7 nitrogen and oxygen atoms in total. The lowest BCUT2D eigenvalue weighted by Gasteiger charge is -2.48. The van der Waals surface area contributed by atoms with Crippen LogP contribution in [0.1, 0.15) is 31.7 Å². The highest BCUT2D eigenvalue weighted by atomic mass is 19.1. The first-order chi connectivity index (χ1) is 20.6. The molecule has 0 saturated carbocycles. The van der Waals surface area contributed by atoms with Gasteiger partial charge in [-0.3, -0.25) is 4.90 Å². The summed E-state index contributed by atoms with van der Waals surface area (Å²) in [4.78, 5) is 13.4. The summed E-state index contributed by atoms with van der Waals surface area (Å²) in [6, 6.07) is 8.89. The predicted octanol–water partition coefficient (Wildman–Crippen LogP) is 5.17. The number of ether oxygens (including phenoxy) is 1. The summed E-state index contributed by atoms with van der Waals surface area (Å²) in [6.45, 7) is 4.79. The number of nitrogens with one attached hydrogen (secondary N) is 1. The lowest BCUT2D eigenvalue weighted by atomic mass is 9.91. The minimum atomic E-state index is -0.910. The van der Waals surface area contributed by atoms with E-state index in [-0.39, 0.29) is 46.1 Å². The third kappa shape index (κ3) is 4.45. The number of rotatable bonds is 6. The van der Waals surface area contributed by atoms with Crippen molar-refractivity contribution in [3.05, 3.63) is 53.6 Å². The number of aromatic hydroxyl groups is 1. The van der Waals surface area contributed by atoms with Gasteiger partial charge >= 0.3 is 6.01 Å². The number of nitrogens with zero attached hydrogens (tertiary/aromatic N) is 4. The minimum absolute atomic E-state index is 0.0104. The van der Waals surface area contributed by atoms with Crippen LogP contribution in [0.3, 0.4) is 0 Å². The number of halogens is 3. The van der Waals surface area contributed by atoms with Crippen LogP contribution in [0.5, 0.6) is 11.8 Å². The van der Waals surface area contributed by atoms with E-state index in [0.29, 0.717) is 48.0 Å². The molecule has 0 spiro atoms. The maximum atomic E-state index is 16.7. The molecule has 3 fully saturated rings. The van der Waals surface area contributed by atoms with E-state index in [2.05, 4.69) is 28.0 Å². The van der Waals surface area contributed by atoms with Gasteiger partial charge in [-0.2, -0.15) is 9.97 Å². The van der Waals surface area contributed by atoms with Crippen molar-refractivity contribution in [2.75, 3.05) is 44.7 Å². The fourth-order valence-electron chi connectivity index (χ4n) is 7.17. The van der Waals surface area contributed by atoms with Crippen LogP contribution in [0.2, 0.25) is 0 Å². The Hall–Kier alpha value is -4.07. The first-order valence-electron chi connectivity index (χ1n) is 14.5. The topological polar surface area (TPSA) is 73.8 Å². The van der Waals surface area contributed by atoms with Crippen molar-refractivity contribution in [2.24, 2.45) is 0 Å². The van der Waals surface area contributed by atoms with Crippen molar-refractivity contribution in [3.63, 3.8) is 0 Å². The minimum Gasteiger partial charge on any atom is -0.508 e. The van der Waals surface area contributed by atoms with Crippen molar-refractivity contribution < 1.29 is 23.0 Å². The van der Waals surface area contributed by atoms with Gasteiger partial charge in [-0.25, -0.2) is 13.2 Å². The number of likely N-dealkylation sites (N-methyl/N-ethyl adjacent to an activating group) is 1. The Morgan fingerprint density at radius 2 is 1.98 bits per heavy atom. The number of fused-ring (bicyclic) bond motifs is 3. The van der Waals surface area contributed by atoms with Crippen molar-refractivity contribution in [2.45, 2.75) is 43.4 Å². The van der Waals surface area contributed by atoms with Crippen LogP contribution in [0.25, 0.3) is 32.8 Å². The van der Waals surface area contributed by atoms with E-state index in [0.717, 1.165) is 19.4 Å². The molecule has 7 rings (SSSR count). The van der Waals surface area contributed by atoms with Crippen LogP contribution < -0.4 is 15.0 Å². The number of phenolic OH excluding ortho intramolecular Hbond substituents is 1. The van der Waals surface area contributed by atoms with E-state index in [1.807, 2.05) is 11.9 Å². The first kappa shape index (κ1) is 27.7. The molecule has 3 aromatic carbocycles. The standard InChI is InChI=1S/C33H32F3N5O2/c1-4-22-26(35)9-6-19-12-21(42)13-25(27(19)22)23-7-8-24-29(28(23)36)38-31(39-30(24)40-16-32(2,17-40)37-3)43-18-33-10-5-11-41(33)15-20(34)14-33/h1,6-9,12-13,20,37,42H,5,10-11,14-18H2,2-3H3/t20-,33+/m1/s1. The highest BCUT2D eigenvalue weighted by Crippen LogP contribution is 2.43. The first-order valence-corrected chi connectivity index (χ1v) is 14.5. The molecule has 4 heterocycles. The molecular weight excluding hydrogens is 555 g/mol. The van der Waals surface area contributed by atoms with E-state index in [1.54, 1.807) is 12.1 Å². The van der Waals surface area contributed by atoms with Crippen LogP contribution in [0.4, 0.5) is 19.0 Å². The smallest absolute Gasteiger partial charge is 0.319 e. The van der Waals surface area contributed by atoms with Crippen LogP contribution in [0, 0.1) is 24.0 Å². The van der Waals surface area contributed by atoms with Gasteiger partial charge in [0, 0.05) is 42.4 Å². The molecule has 3 saturated heterocycles. The zero-order valence-corrected chi connectivity index (χ0v) is 24.1. The summed E-state index contributed by atoms with van der Waals surface area (Å²) in [7, 11) is 1.90. The monoisotopic (exact) mass is 587 g/mol. The maximum Gasteiger partial charge on any atom is 0.319 e.